The smallest absolute Gasteiger partial charge is 0.388 e. The Kier molecular flexibility index (Phi) is 5.88. The van der Waals surface area contributed by atoms with Crippen LogP contribution in [-0.4, -0.2) is 54.3 Å². The number of hydrogen-bond donors (Lipinski definition) is 4. The third kappa shape index (κ3) is 4.24. The number of nitrogens with zero attached hydrogens (tertiary/aromatic N) is 2. The Hall–Kier alpha value is -2.85. The number of rotatable bonds is 5. The second-order valence-electron chi connectivity index (χ2n) is 8.60. The molecule has 2 saturated heterocycles. The molecule has 0 spiro atoms. The highest BCUT2D eigenvalue weighted by Crippen LogP contribution is 2.42. The van der Waals surface area contributed by atoms with Gasteiger partial charge in [0.2, 0.25) is 5.95 Å². The molecule has 0 aliphatic carbocycles. The molecular weight excluding hydrogens is 433 g/mol. The minimum Gasteiger partial charge on any atom is -0.388 e. The lowest BCUT2D eigenvalue weighted by molar-refractivity contribution is -0.137. The summed E-state index contributed by atoms with van der Waals surface area (Å²) in [4.78, 5) is 11.6. The van der Waals surface area contributed by atoms with Gasteiger partial charge in [0.1, 0.15) is 5.56 Å². The van der Waals surface area contributed by atoms with Crippen molar-refractivity contribution in [2.45, 2.75) is 37.4 Å². The number of aromatic amines is 1. The fraction of sp³-hybridized carbons (Fsp3) is 0.478. The predicted molar refractivity (Wildman–Crippen MR) is 122 cm³/mol. The van der Waals surface area contributed by atoms with Crippen molar-refractivity contribution >= 4 is 22.5 Å². The number of benzene rings is 1. The molecule has 2 atom stereocenters. The summed E-state index contributed by atoms with van der Waals surface area (Å²) >= 11 is 0. The van der Waals surface area contributed by atoms with Crippen LogP contribution in [0.3, 0.4) is 0 Å². The number of anilines is 2. The van der Waals surface area contributed by atoms with Crippen LogP contribution < -0.4 is 16.0 Å². The van der Waals surface area contributed by atoms with Gasteiger partial charge in [-0.05, 0) is 31.9 Å². The third-order valence-electron chi connectivity index (χ3n) is 6.48. The molecule has 1 aromatic carbocycles. The van der Waals surface area contributed by atoms with E-state index in [-0.39, 0.29) is 23.6 Å². The van der Waals surface area contributed by atoms with Gasteiger partial charge in [-0.3, -0.25) is 0 Å². The topological polar surface area (TPSA) is 86.9 Å². The molecule has 5 rings (SSSR count). The Morgan fingerprint density at radius 3 is 2.79 bits per heavy atom. The lowest BCUT2D eigenvalue weighted by Gasteiger charge is -2.24. The maximum atomic E-state index is 13.9. The van der Waals surface area contributed by atoms with E-state index in [9.17, 15) is 13.2 Å². The largest absolute Gasteiger partial charge is 0.419 e. The highest BCUT2D eigenvalue weighted by Gasteiger charge is 2.36. The molecule has 0 bridgehead atoms. The third-order valence-corrected chi connectivity index (χ3v) is 6.48. The molecule has 2 aliphatic rings. The van der Waals surface area contributed by atoms with Crippen molar-refractivity contribution in [2.24, 2.45) is 0 Å². The summed E-state index contributed by atoms with van der Waals surface area (Å²) in [6, 6.07) is 3.83. The zero-order chi connectivity index (χ0) is 23.0. The van der Waals surface area contributed by atoms with Gasteiger partial charge in [-0.25, -0.2) is 9.97 Å². The van der Waals surface area contributed by atoms with Gasteiger partial charge in [0.15, 0.2) is 0 Å². The van der Waals surface area contributed by atoms with Crippen molar-refractivity contribution in [3.05, 3.63) is 35.7 Å². The van der Waals surface area contributed by atoms with E-state index in [1.165, 1.54) is 0 Å². The average Bonchev–Trinajstić information content (AvgIpc) is 3.48. The SMILES string of the molecule is CNc1ccc2c(-c3nc(NC4CCCNC4)ncc3C(F)(F)F)c[nH]c2c1C1CCOC1. The van der Waals surface area contributed by atoms with Crippen LogP contribution in [0.15, 0.2) is 24.5 Å². The Bertz CT molecular complexity index is 1130. The van der Waals surface area contributed by atoms with Gasteiger partial charge in [0.25, 0.3) is 0 Å². The predicted octanol–water partition coefficient (Wildman–Crippen LogP) is 4.35. The van der Waals surface area contributed by atoms with Crippen molar-refractivity contribution < 1.29 is 17.9 Å². The Morgan fingerprint density at radius 1 is 1.21 bits per heavy atom. The maximum absolute atomic E-state index is 13.9. The normalized spacial score (nSPS) is 21.5. The van der Waals surface area contributed by atoms with E-state index >= 15 is 0 Å². The highest BCUT2D eigenvalue weighted by atomic mass is 19.4. The number of halogens is 3. The highest BCUT2D eigenvalue weighted by molar-refractivity contribution is 5.99. The molecule has 3 aromatic rings. The fourth-order valence-electron chi connectivity index (χ4n) is 4.84. The van der Waals surface area contributed by atoms with Gasteiger partial charge in [-0.2, -0.15) is 13.2 Å². The van der Waals surface area contributed by atoms with Gasteiger partial charge in [0, 0.05) is 66.8 Å². The first kappa shape index (κ1) is 22.0. The van der Waals surface area contributed by atoms with Crippen LogP contribution in [-0.2, 0) is 10.9 Å². The van der Waals surface area contributed by atoms with Crippen LogP contribution in [0.25, 0.3) is 22.2 Å². The van der Waals surface area contributed by atoms with Crippen LogP contribution in [0.4, 0.5) is 24.8 Å². The molecular formula is C23H27F3N6O. The van der Waals surface area contributed by atoms with E-state index in [4.69, 9.17) is 4.74 Å². The Balaban J connectivity index is 1.62. The number of hydrogen-bond acceptors (Lipinski definition) is 6. The van der Waals surface area contributed by atoms with Crippen molar-refractivity contribution in [2.75, 3.05) is 44.0 Å². The second kappa shape index (κ2) is 8.83. The fourth-order valence-corrected chi connectivity index (χ4v) is 4.84. The van der Waals surface area contributed by atoms with Gasteiger partial charge in [-0.1, -0.05) is 6.07 Å². The first-order chi connectivity index (χ1) is 16.0. The minimum atomic E-state index is -4.57. The molecule has 0 saturated carbocycles. The molecule has 7 nitrogen and oxygen atoms in total. The van der Waals surface area contributed by atoms with E-state index in [2.05, 4.69) is 30.9 Å². The van der Waals surface area contributed by atoms with Crippen LogP contribution in [0.2, 0.25) is 0 Å². The number of nitrogens with one attached hydrogen (secondary N) is 4. The van der Waals surface area contributed by atoms with E-state index in [0.717, 1.165) is 55.3 Å². The summed E-state index contributed by atoms with van der Waals surface area (Å²) in [5.41, 5.74) is 2.22. The number of piperidine rings is 1. The van der Waals surface area contributed by atoms with Crippen molar-refractivity contribution in [3.8, 4) is 11.3 Å². The Morgan fingerprint density at radius 2 is 2.09 bits per heavy atom. The molecule has 2 aromatic heterocycles. The second-order valence-corrected chi connectivity index (χ2v) is 8.60. The molecule has 33 heavy (non-hydrogen) atoms. The van der Waals surface area contributed by atoms with Crippen LogP contribution in [0, 0.1) is 0 Å². The quantitative estimate of drug-likeness (QED) is 0.453. The van der Waals surface area contributed by atoms with E-state index in [0.29, 0.717) is 24.2 Å². The number of alkyl halides is 3. The molecule has 4 N–H and O–H groups in total. The van der Waals surface area contributed by atoms with Gasteiger partial charge < -0.3 is 25.7 Å². The molecule has 176 valence electrons. The number of aromatic nitrogens is 3. The first-order valence-electron chi connectivity index (χ1n) is 11.3. The van der Waals surface area contributed by atoms with E-state index in [1.54, 1.807) is 6.20 Å². The zero-order valence-corrected chi connectivity index (χ0v) is 18.4. The average molecular weight is 461 g/mol. The van der Waals surface area contributed by atoms with Crippen molar-refractivity contribution in [1.29, 1.82) is 0 Å². The monoisotopic (exact) mass is 460 g/mol. The minimum absolute atomic E-state index is 0.0819. The van der Waals surface area contributed by atoms with Gasteiger partial charge >= 0.3 is 6.18 Å². The summed E-state index contributed by atoms with van der Waals surface area (Å²) in [5, 5.41) is 10.4. The molecule has 0 radical (unpaired) electrons. The first-order valence-corrected chi connectivity index (χ1v) is 11.3. The summed E-state index contributed by atoms with van der Waals surface area (Å²) in [6.45, 7) is 2.93. The molecule has 10 heteroatoms. The Labute approximate surface area is 189 Å². The number of ether oxygens (including phenoxy) is 1. The maximum Gasteiger partial charge on any atom is 0.419 e. The summed E-state index contributed by atoms with van der Waals surface area (Å²) in [5.74, 6) is 0.378. The van der Waals surface area contributed by atoms with Crippen LogP contribution >= 0.6 is 0 Å². The van der Waals surface area contributed by atoms with Crippen molar-refractivity contribution in [3.63, 3.8) is 0 Å². The van der Waals surface area contributed by atoms with Crippen LogP contribution in [0.1, 0.15) is 36.3 Å². The number of H-pyrrole nitrogens is 1. The summed E-state index contributed by atoms with van der Waals surface area (Å²) in [7, 11) is 1.84. The van der Waals surface area contributed by atoms with Crippen molar-refractivity contribution in [1.82, 2.24) is 20.3 Å². The lowest BCUT2D eigenvalue weighted by atomic mass is 9.93. The zero-order valence-electron chi connectivity index (χ0n) is 18.4. The van der Waals surface area contributed by atoms with E-state index < -0.39 is 11.7 Å². The summed E-state index contributed by atoms with van der Waals surface area (Å²) < 4.78 is 47.4. The molecule has 2 unspecified atom stereocenters. The van der Waals surface area contributed by atoms with Gasteiger partial charge in [-0.15, -0.1) is 0 Å². The lowest BCUT2D eigenvalue weighted by Crippen LogP contribution is -2.38. The molecule has 2 fully saturated rings. The standard InChI is InChI=1S/C23H27F3N6O/c1-27-18-5-4-15-16(10-29-21(15)19(18)13-6-8-33-12-13)20-17(23(24,25)26)11-30-22(32-20)31-14-3-2-7-28-9-14/h4-5,10-11,13-14,27-29H,2-3,6-9,12H2,1H3,(H,30,31,32). The molecule has 0 amide bonds. The number of fused-ring (bicyclic) bond motifs is 1. The van der Waals surface area contributed by atoms with E-state index in [1.807, 2.05) is 19.2 Å². The van der Waals surface area contributed by atoms with Gasteiger partial charge in [0.05, 0.1) is 17.8 Å². The molecule has 2 aliphatic heterocycles. The summed E-state index contributed by atoms with van der Waals surface area (Å²) in [6.07, 6.45) is 0.707. The molecule has 4 heterocycles. The van der Waals surface area contributed by atoms with Crippen LogP contribution in [0.5, 0.6) is 0 Å².